The third-order valence-electron chi connectivity index (χ3n) is 7.70. The Hall–Kier alpha value is -1.75. The molecule has 0 radical (unpaired) electrons. The molecular formula is C23H37N3O7. The van der Waals surface area contributed by atoms with Crippen LogP contribution < -0.4 is 5.32 Å². The standard InChI is InChI=1S/C23H37N3O7/c1-3-32-21(30)17-16-20(29)26(9-4-5-13-27)18(23(16)7-6-22(17,2)33-23)19(28)24-8-10-25-11-14-31-15-12-25/h16-18,27H,3-15H2,1-2H3,(H,24,28)/t16-,17-,18?,22+,23?/m0/s1. The van der Waals surface area contributed by atoms with Crippen LogP contribution in [0.25, 0.3) is 0 Å². The molecule has 4 heterocycles. The monoisotopic (exact) mass is 467 g/mol. The maximum Gasteiger partial charge on any atom is 0.312 e. The lowest BCUT2D eigenvalue weighted by Gasteiger charge is -2.34. The summed E-state index contributed by atoms with van der Waals surface area (Å²) >= 11 is 0. The molecule has 2 unspecified atom stereocenters. The van der Waals surface area contributed by atoms with Gasteiger partial charge in [0.05, 0.1) is 31.3 Å². The van der Waals surface area contributed by atoms with Gasteiger partial charge in [-0.15, -0.1) is 0 Å². The second-order valence-corrected chi connectivity index (χ2v) is 9.69. The van der Waals surface area contributed by atoms with Crippen molar-refractivity contribution in [2.24, 2.45) is 11.8 Å². The first-order valence-electron chi connectivity index (χ1n) is 12.2. The number of fused-ring (bicyclic) bond motifs is 1. The molecule has 10 nitrogen and oxygen atoms in total. The summed E-state index contributed by atoms with van der Waals surface area (Å²) in [5.41, 5.74) is -1.83. The van der Waals surface area contributed by atoms with Gasteiger partial charge < -0.3 is 29.5 Å². The first kappa shape index (κ1) is 24.4. The van der Waals surface area contributed by atoms with Gasteiger partial charge in [0.15, 0.2) is 0 Å². The van der Waals surface area contributed by atoms with Crippen molar-refractivity contribution < 1.29 is 33.7 Å². The highest BCUT2D eigenvalue weighted by molar-refractivity contribution is 5.98. The topological polar surface area (TPSA) is 118 Å². The van der Waals surface area contributed by atoms with Crippen LogP contribution in [0.5, 0.6) is 0 Å². The minimum absolute atomic E-state index is 0.0209. The van der Waals surface area contributed by atoms with Crippen molar-refractivity contribution in [1.82, 2.24) is 15.1 Å². The van der Waals surface area contributed by atoms with Crippen molar-refractivity contribution in [2.75, 3.05) is 59.2 Å². The van der Waals surface area contributed by atoms with Crippen LogP contribution in [0.3, 0.4) is 0 Å². The summed E-state index contributed by atoms with van der Waals surface area (Å²) in [5.74, 6) is -2.33. The molecule has 0 aromatic heterocycles. The van der Waals surface area contributed by atoms with E-state index in [1.54, 1.807) is 11.8 Å². The summed E-state index contributed by atoms with van der Waals surface area (Å²) in [6.45, 7) is 8.41. The van der Waals surface area contributed by atoms with Crippen molar-refractivity contribution in [3.05, 3.63) is 0 Å². The number of ether oxygens (including phenoxy) is 3. The zero-order chi connectivity index (χ0) is 23.6. The molecule has 2 amide bonds. The Balaban J connectivity index is 1.54. The van der Waals surface area contributed by atoms with E-state index in [1.807, 2.05) is 6.92 Å². The summed E-state index contributed by atoms with van der Waals surface area (Å²) in [5, 5.41) is 12.2. The number of esters is 1. The fraction of sp³-hybridized carbons (Fsp3) is 0.870. The summed E-state index contributed by atoms with van der Waals surface area (Å²) in [7, 11) is 0. The highest BCUT2D eigenvalue weighted by Crippen LogP contribution is 2.63. The third-order valence-corrected chi connectivity index (χ3v) is 7.70. The first-order chi connectivity index (χ1) is 15.9. The predicted molar refractivity (Wildman–Crippen MR) is 117 cm³/mol. The van der Waals surface area contributed by atoms with E-state index in [-0.39, 0.29) is 25.0 Å². The number of hydrogen-bond donors (Lipinski definition) is 2. The largest absolute Gasteiger partial charge is 0.466 e. The third kappa shape index (κ3) is 4.26. The molecule has 4 aliphatic rings. The minimum atomic E-state index is -1.02. The van der Waals surface area contributed by atoms with E-state index in [0.717, 1.165) is 13.1 Å². The van der Waals surface area contributed by atoms with E-state index < -0.39 is 35.0 Å². The number of carbonyl (C=O) groups excluding carboxylic acids is 3. The van der Waals surface area contributed by atoms with Crippen molar-refractivity contribution in [3.8, 4) is 0 Å². The zero-order valence-corrected chi connectivity index (χ0v) is 19.7. The fourth-order valence-corrected chi connectivity index (χ4v) is 6.21. The molecule has 4 saturated heterocycles. The van der Waals surface area contributed by atoms with E-state index in [4.69, 9.17) is 14.2 Å². The second kappa shape index (κ2) is 9.85. The normalized spacial score (nSPS) is 35.7. The maximum absolute atomic E-state index is 13.6. The second-order valence-electron chi connectivity index (χ2n) is 9.69. The maximum atomic E-state index is 13.6. The Morgan fingerprint density at radius 2 is 1.97 bits per heavy atom. The number of nitrogens with zero attached hydrogens (tertiary/aromatic N) is 2. The molecule has 33 heavy (non-hydrogen) atoms. The number of likely N-dealkylation sites (tertiary alicyclic amines) is 1. The van der Waals surface area contributed by atoms with E-state index in [2.05, 4.69) is 10.2 Å². The zero-order valence-electron chi connectivity index (χ0n) is 19.7. The SMILES string of the molecule is CCOC(=O)[C@@H]1[C@H]2C(=O)N(CCCCO)C(C(=O)NCCN3CCOCC3)C23CC[C@@]1(C)O3. The van der Waals surface area contributed by atoms with Gasteiger partial charge in [-0.3, -0.25) is 19.3 Å². The number of nitrogens with one attached hydrogen (secondary N) is 1. The van der Waals surface area contributed by atoms with Gasteiger partial charge in [0.2, 0.25) is 11.8 Å². The number of amides is 2. The van der Waals surface area contributed by atoms with Gasteiger partial charge in [0, 0.05) is 39.3 Å². The molecule has 4 aliphatic heterocycles. The predicted octanol–water partition coefficient (Wildman–Crippen LogP) is -0.465. The number of rotatable bonds is 10. The minimum Gasteiger partial charge on any atom is -0.466 e. The molecule has 2 N–H and O–H groups in total. The van der Waals surface area contributed by atoms with E-state index in [0.29, 0.717) is 58.5 Å². The lowest BCUT2D eigenvalue weighted by molar-refractivity contribution is -0.159. The van der Waals surface area contributed by atoms with Crippen molar-refractivity contribution in [1.29, 1.82) is 0 Å². The molecule has 10 heteroatoms. The number of aliphatic hydroxyl groups is 1. The Morgan fingerprint density at radius 3 is 2.67 bits per heavy atom. The van der Waals surface area contributed by atoms with Crippen LogP contribution in [-0.4, -0.2) is 109 Å². The fourth-order valence-electron chi connectivity index (χ4n) is 6.21. The molecule has 4 fully saturated rings. The summed E-state index contributed by atoms with van der Waals surface area (Å²) in [4.78, 5) is 43.9. The smallest absolute Gasteiger partial charge is 0.312 e. The Kier molecular flexibility index (Phi) is 7.28. The highest BCUT2D eigenvalue weighted by Gasteiger charge is 2.78. The average molecular weight is 468 g/mol. The number of hydrogen-bond acceptors (Lipinski definition) is 8. The molecule has 0 aromatic carbocycles. The average Bonchev–Trinajstić information content (AvgIpc) is 3.36. The number of carbonyl (C=O) groups is 3. The molecule has 4 rings (SSSR count). The van der Waals surface area contributed by atoms with Crippen LogP contribution in [0, 0.1) is 11.8 Å². The summed E-state index contributed by atoms with van der Waals surface area (Å²) in [6, 6.07) is -0.792. The van der Waals surface area contributed by atoms with Crippen LogP contribution in [-0.2, 0) is 28.6 Å². The van der Waals surface area contributed by atoms with E-state index in [1.165, 1.54) is 0 Å². The number of aliphatic hydroxyl groups excluding tert-OH is 1. The summed E-state index contributed by atoms with van der Waals surface area (Å²) < 4.78 is 17.2. The quantitative estimate of drug-likeness (QED) is 0.327. The lowest BCUT2D eigenvalue weighted by Crippen LogP contribution is -2.56. The Labute approximate surface area is 194 Å². The molecule has 5 atom stereocenters. The molecule has 0 aromatic rings. The van der Waals surface area contributed by atoms with Crippen LogP contribution in [0.1, 0.15) is 39.5 Å². The molecule has 1 spiro atoms. The number of morpholine rings is 1. The molecule has 0 saturated carbocycles. The van der Waals surface area contributed by atoms with Crippen LogP contribution in [0.4, 0.5) is 0 Å². The highest BCUT2D eigenvalue weighted by atomic mass is 16.6. The molecular weight excluding hydrogens is 430 g/mol. The molecule has 0 aliphatic carbocycles. The molecule has 2 bridgehead atoms. The van der Waals surface area contributed by atoms with Gasteiger partial charge in [0.25, 0.3) is 0 Å². The van der Waals surface area contributed by atoms with Crippen LogP contribution >= 0.6 is 0 Å². The van der Waals surface area contributed by atoms with Gasteiger partial charge in [-0.1, -0.05) is 0 Å². The molecule has 186 valence electrons. The van der Waals surface area contributed by atoms with Gasteiger partial charge in [-0.05, 0) is 39.5 Å². The van der Waals surface area contributed by atoms with Crippen molar-refractivity contribution >= 4 is 17.8 Å². The van der Waals surface area contributed by atoms with Crippen LogP contribution in [0.2, 0.25) is 0 Å². The number of unbranched alkanes of at least 4 members (excludes halogenated alkanes) is 1. The summed E-state index contributed by atoms with van der Waals surface area (Å²) in [6.07, 6.45) is 2.26. The van der Waals surface area contributed by atoms with E-state index in [9.17, 15) is 19.5 Å². The van der Waals surface area contributed by atoms with Gasteiger partial charge in [-0.25, -0.2) is 0 Å². The van der Waals surface area contributed by atoms with Gasteiger partial charge >= 0.3 is 5.97 Å². The van der Waals surface area contributed by atoms with Crippen LogP contribution in [0.15, 0.2) is 0 Å². The Morgan fingerprint density at radius 1 is 1.21 bits per heavy atom. The Bertz CT molecular complexity index is 758. The lowest BCUT2D eigenvalue weighted by atomic mass is 9.66. The van der Waals surface area contributed by atoms with Crippen molar-refractivity contribution in [2.45, 2.75) is 56.8 Å². The van der Waals surface area contributed by atoms with Gasteiger partial charge in [0.1, 0.15) is 17.6 Å². The van der Waals surface area contributed by atoms with Gasteiger partial charge in [-0.2, -0.15) is 0 Å². The van der Waals surface area contributed by atoms with Crippen molar-refractivity contribution in [3.63, 3.8) is 0 Å². The first-order valence-corrected chi connectivity index (χ1v) is 12.2. The van der Waals surface area contributed by atoms with E-state index >= 15 is 0 Å².